The predicted octanol–water partition coefficient (Wildman–Crippen LogP) is 2.34. The van der Waals surface area contributed by atoms with Crippen LogP contribution in [0, 0.1) is 11.8 Å². The predicted molar refractivity (Wildman–Crippen MR) is 98.7 cm³/mol. The Kier molecular flexibility index (Phi) is 4.29. The van der Waals surface area contributed by atoms with Crippen LogP contribution in [0.3, 0.4) is 0 Å². The van der Waals surface area contributed by atoms with E-state index in [2.05, 4.69) is 19.2 Å². The second kappa shape index (κ2) is 6.37. The largest absolute Gasteiger partial charge is 0.341 e. The van der Waals surface area contributed by atoms with Gasteiger partial charge in [0.1, 0.15) is 12.1 Å². The second-order valence-corrected chi connectivity index (χ2v) is 9.08. The van der Waals surface area contributed by atoms with E-state index >= 15 is 0 Å². The normalized spacial score (nSPS) is 31.3. The Balaban J connectivity index is 1.53. The Morgan fingerprint density at radius 2 is 2.04 bits per heavy atom. The van der Waals surface area contributed by atoms with Gasteiger partial charge in [0.15, 0.2) is 0 Å². The molecular formula is C19H25N3O3S. The highest BCUT2D eigenvalue weighted by molar-refractivity contribution is 7.10. The number of rotatable bonds is 2. The summed E-state index contributed by atoms with van der Waals surface area (Å²) in [5.74, 6) is 0.492. The zero-order valence-electron chi connectivity index (χ0n) is 15.3. The van der Waals surface area contributed by atoms with Gasteiger partial charge in [0.2, 0.25) is 5.91 Å². The van der Waals surface area contributed by atoms with Gasteiger partial charge in [-0.15, -0.1) is 11.3 Å². The fourth-order valence-electron chi connectivity index (χ4n) is 4.79. The summed E-state index contributed by atoms with van der Waals surface area (Å²) >= 11 is 1.63. The molecule has 0 saturated carbocycles. The first-order valence-corrected chi connectivity index (χ1v) is 10.3. The number of piperidine rings is 1. The third-order valence-electron chi connectivity index (χ3n) is 5.85. The van der Waals surface area contributed by atoms with Crippen LogP contribution < -0.4 is 5.32 Å². The molecule has 2 aliphatic heterocycles. The molecule has 0 radical (unpaired) electrons. The molecule has 2 fully saturated rings. The number of carbonyl (C=O) groups excluding carboxylic acids is 3. The van der Waals surface area contributed by atoms with Gasteiger partial charge < -0.3 is 10.2 Å². The van der Waals surface area contributed by atoms with Crippen molar-refractivity contribution >= 4 is 29.2 Å². The summed E-state index contributed by atoms with van der Waals surface area (Å²) in [6, 6.07) is 1.50. The zero-order chi connectivity index (χ0) is 18.5. The molecule has 1 N–H and O–H groups in total. The Bertz CT molecular complexity index is 751. The molecule has 1 aliphatic carbocycles. The van der Waals surface area contributed by atoms with Crippen LogP contribution in [-0.2, 0) is 21.5 Å². The number of fused-ring (bicyclic) bond motifs is 2. The summed E-state index contributed by atoms with van der Waals surface area (Å²) < 4.78 is 0. The lowest BCUT2D eigenvalue weighted by Gasteiger charge is -2.35. The molecule has 1 aromatic rings. The van der Waals surface area contributed by atoms with Gasteiger partial charge in [-0.05, 0) is 49.0 Å². The van der Waals surface area contributed by atoms with Gasteiger partial charge in [0.25, 0.3) is 5.91 Å². The van der Waals surface area contributed by atoms with E-state index < -0.39 is 11.6 Å². The number of urea groups is 1. The summed E-state index contributed by atoms with van der Waals surface area (Å²) in [6.07, 6.45) is 3.52. The van der Waals surface area contributed by atoms with Gasteiger partial charge in [-0.3, -0.25) is 14.5 Å². The van der Waals surface area contributed by atoms with E-state index in [9.17, 15) is 14.4 Å². The third kappa shape index (κ3) is 2.73. The van der Waals surface area contributed by atoms with Gasteiger partial charge in [0, 0.05) is 23.5 Å². The second-order valence-electron chi connectivity index (χ2n) is 8.08. The molecule has 6 nitrogen and oxygen atoms in total. The SMILES string of the molecule is C[C@@H]1C[C@H](C)CN(C(=O)CN2C(=O)N[C@]3(CCCc4sccc43)C2=O)C1. The molecule has 3 atom stereocenters. The van der Waals surface area contributed by atoms with Crippen LogP contribution in [-0.4, -0.2) is 47.3 Å². The van der Waals surface area contributed by atoms with Crippen LogP contribution in [0.15, 0.2) is 11.4 Å². The average Bonchev–Trinajstić information content (AvgIpc) is 3.15. The van der Waals surface area contributed by atoms with Crippen LogP contribution in [0.5, 0.6) is 0 Å². The lowest BCUT2D eigenvalue weighted by atomic mass is 9.80. The molecule has 26 heavy (non-hydrogen) atoms. The minimum absolute atomic E-state index is 0.134. The van der Waals surface area contributed by atoms with Crippen molar-refractivity contribution in [2.24, 2.45) is 11.8 Å². The standard InChI is InChI=1S/C19H25N3O3S/c1-12-8-13(2)10-21(9-12)16(23)11-22-17(24)19(20-18(22)25)6-3-4-15-14(19)5-7-26-15/h5,7,12-13H,3-4,6,8-11H2,1-2H3,(H,20,25)/t12-,13+,19-/m0/s1. The highest BCUT2D eigenvalue weighted by Gasteiger charge is 2.54. The lowest BCUT2D eigenvalue weighted by Crippen LogP contribution is -2.49. The number of aryl methyl sites for hydroxylation is 1. The van der Waals surface area contributed by atoms with E-state index in [-0.39, 0.29) is 18.4 Å². The molecule has 3 heterocycles. The van der Waals surface area contributed by atoms with E-state index in [4.69, 9.17) is 0 Å². The van der Waals surface area contributed by atoms with Gasteiger partial charge in [-0.25, -0.2) is 4.79 Å². The molecule has 2 saturated heterocycles. The number of carbonyl (C=O) groups is 3. The molecule has 0 unspecified atom stereocenters. The van der Waals surface area contributed by atoms with Crippen LogP contribution in [0.2, 0.25) is 0 Å². The van der Waals surface area contributed by atoms with Crippen LogP contribution >= 0.6 is 11.3 Å². The van der Waals surface area contributed by atoms with Crippen LogP contribution in [0.25, 0.3) is 0 Å². The van der Waals surface area contributed by atoms with Crippen molar-refractivity contribution in [3.8, 4) is 0 Å². The number of nitrogens with zero attached hydrogens (tertiary/aromatic N) is 2. The van der Waals surface area contributed by atoms with Crippen LogP contribution in [0.4, 0.5) is 4.79 Å². The summed E-state index contributed by atoms with van der Waals surface area (Å²) in [6.45, 7) is 5.52. The van der Waals surface area contributed by atoms with Crippen molar-refractivity contribution in [2.75, 3.05) is 19.6 Å². The molecule has 4 amide bonds. The van der Waals surface area contributed by atoms with Crippen molar-refractivity contribution in [1.82, 2.24) is 15.1 Å². The van der Waals surface area contributed by atoms with Crippen molar-refractivity contribution in [3.63, 3.8) is 0 Å². The number of nitrogens with one attached hydrogen (secondary N) is 1. The lowest BCUT2D eigenvalue weighted by molar-refractivity contribution is -0.140. The van der Waals surface area contributed by atoms with Gasteiger partial charge >= 0.3 is 6.03 Å². The fraction of sp³-hybridized carbons (Fsp3) is 0.632. The minimum Gasteiger partial charge on any atom is -0.341 e. The number of hydrogen-bond acceptors (Lipinski definition) is 4. The first kappa shape index (κ1) is 17.5. The van der Waals surface area contributed by atoms with Crippen molar-refractivity contribution in [3.05, 3.63) is 21.9 Å². The monoisotopic (exact) mass is 375 g/mol. The van der Waals surface area contributed by atoms with E-state index in [1.54, 1.807) is 16.2 Å². The van der Waals surface area contributed by atoms with Crippen LogP contribution in [0.1, 0.15) is 43.6 Å². The van der Waals surface area contributed by atoms with E-state index in [1.807, 2.05) is 11.4 Å². The third-order valence-corrected chi connectivity index (χ3v) is 6.83. The molecule has 7 heteroatoms. The molecule has 0 bridgehead atoms. The van der Waals surface area contributed by atoms with Gasteiger partial charge in [0.05, 0.1) is 0 Å². The molecule has 140 valence electrons. The first-order valence-electron chi connectivity index (χ1n) is 9.39. The number of thiophene rings is 1. The summed E-state index contributed by atoms with van der Waals surface area (Å²) in [5, 5.41) is 4.88. The number of amides is 4. The topological polar surface area (TPSA) is 69.7 Å². The number of likely N-dealkylation sites (tertiary alicyclic amines) is 1. The van der Waals surface area contributed by atoms with Gasteiger partial charge in [-0.2, -0.15) is 0 Å². The Hall–Kier alpha value is -1.89. The number of hydrogen-bond donors (Lipinski definition) is 1. The van der Waals surface area contributed by atoms with Crippen molar-refractivity contribution in [2.45, 2.75) is 45.1 Å². The highest BCUT2D eigenvalue weighted by Crippen LogP contribution is 2.42. The number of imide groups is 1. The Morgan fingerprint density at radius 3 is 2.77 bits per heavy atom. The maximum Gasteiger partial charge on any atom is 0.325 e. The molecular weight excluding hydrogens is 350 g/mol. The van der Waals surface area contributed by atoms with E-state index in [0.29, 0.717) is 31.3 Å². The molecule has 3 aliphatic rings. The minimum atomic E-state index is -0.965. The Labute approximate surface area is 157 Å². The summed E-state index contributed by atoms with van der Waals surface area (Å²) in [7, 11) is 0. The quantitative estimate of drug-likeness (QED) is 0.807. The highest BCUT2D eigenvalue weighted by atomic mass is 32.1. The van der Waals surface area contributed by atoms with E-state index in [1.165, 1.54) is 0 Å². The average molecular weight is 375 g/mol. The molecule has 1 spiro atoms. The summed E-state index contributed by atoms with van der Waals surface area (Å²) in [5.41, 5.74) is -0.0461. The summed E-state index contributed by atoms with van der Waals surface area (Å²) in [4.78, 5) is 42.6. The smallest absolute Gasteiger partial charge is 0.325 e. The van der Waals surface area contributed by atoms with Gasteiger partial charge in [-0.1, -0.05) is 13.8 Å². The maximum absolute atomic E-state index is 13.2. The fourth-order valence-corrected chi connectivity index (χ4v) is 5.79. The molecule has 1 aromatic heterocycles. The molecule has 4 rings (SSSR count). The molecule has 0 aromatic carbocycles. The Morgan fingerprint density at radius 1 is 1.31 bits per heavy atom. The van der Waals surface area contributed by atoms with E-state index in [0.717, 1.165) is 34.6 Å². The van der Waals surface area contributed by atoms with Crippen molar-refractivity contribution < 1.29 is 14.4 Å². The zero-order valence-corrected chi connectivity index (χ0v) is 16.1. The van der Waals surface area contributed by atoms with Crippen molar-refractivity contribution in [1.29, 1.82) is 0 Å². The maximum atomic E-state index is 13.2. The first-order chi connectivity index (χ1) is 12.4.